The van der Waals surface area contributed by atoms with Crippen molar-refractivity contribution in [1.82, 2.24) is 9.97 Å². The number of fused-ring (bicyclic) bond motifs is 1. The molecule has 2 aromatic carbocycles. The number of hydrogen-bond donors (Lipinski definition) is 1. The highest BCUT2D eigenvalue weighted by atomic mass is 79.9. The second-order valence-electron chi connectivity index (χ2n) is 6.90. The summed E-state index contributed by atoms with van der Waals surface area (Å²) in [6.45, 7) is 2.77. The smallest absolute Gasteiger partial charge is 0.247 e. The van der Waals surface area contributed by atoms with Crippen molar-refractivity contribution in [3.8, 4) is 5.75 Å². The van der Waals surface area contributed by atoms with Crippen LogP contribution in [0.2, 0.25) is 0 Å². The van der Waals surface area contributed by atoms with E-state index in [2.05, 4.69) is 36.1 Å². The van der Waals surface area contributed by atoms with Gasteiger partial charge in [-0.15, -0.1) is 0 Å². The van der Waals surface area contributed by atoms with Crippen molar-refractivity contribution in [3.05, 3.63) is 52.8 Å². The fourth-order valence-corrected chi connectivity index (χ4v) is 4.03. The molecular weight excluding hydrogens is 420 g/mol. The van der Waals surface area contributed by atoms with Gasteiger partial charge in [0.2, 0.25) is 5.91 Å². The van der Waals surface area contributed by atoms with Gasteiger partial charge in [0.15, 0.2) is 0 Å². The van der Waals surface area contributed by atoms with E-state index in [9.17, 15) is 4.79 Å². The van der Waals surface area contributed by atoms with Crippen molar-refractivity contribution in [2.75, 3.05) is 23.9 Å². The van der Waals surface area contributed by atoms with Gasteiger partial charge >= 0.3 is 0 Å². The Kier molecular flexibility index (Phi) is 5.17. The lowest BCUT2D eigenvalue weighted by Crippen LogP contribution is -2.40. The molecule has 1 amide bonds. The van der Waals surface area contributed by atoms with Gasteiger partial charge in [0, 0.05) is 16.4 Å². The maximum Gasteiger partial charge on any atom is 0.247 e. The third kappa shape index (κ3) is 3.54. The summed E-state index contributed by atoms with van der Waals surface area (Å²) in [4.78, 5) is 24.1. The van der Waals surface area contributed by atoms with Gasteiger partial charge in [0.1, 0.15) is 23.9 Å². The lowest BCUT2D eigenvalue weighted by atomic mass is 10.1. The average molecular weight is 441 g/mol. The minimum absolute atomic E-state index is 0.0526. The van der Waals surface area contributed by atoms with Gasteiger partial charge in [-0.3, -0.25) is 4.79 Å². The van der Waals surface area contributed by atoms with Gasteiger partial charge in [0.05, 0.1) is 18.3 Å². The van der Waals surface area contributed by atoms with E-state index in [0.717, 1.165) is 46.1 Å². The lowest BCUT2D eigenvalue weighted by molar-refractivity contribution is -0.117. The SMILES string of the molecule is COc1ccc(C)cc1NC(=O)C1CCCN1c1ncnc2ccc(Br)cc12. The largest absolute Gasteiger partial charge is 0.495 e. The summed E-state index contributed by atoms with van der Waals surface area (Å²) in [5.41, 5.74) is 2.61. The van der Waals surface area contributed by atoms with Gasteiger partial charge in [-0.05, 0) is 55.7 Å². The molecule has 1 atom stereocenters. The minimum atomic E-state index is -0.290. The summed E-state index contributed by atoms with van der Waals surface area (Å²) < 4.78 is 6.35. The van der Waals surface area contributed by atoms with Crippen LogP contribution in [-0.2, 0) is 4.79 Å². The molecule has 0 spiro atoms. The Bertz CT molecular complexity index is 1040. The number of aryl methyl sites for hydroxylation is 1. The first-order chi connectivity index (χ1) is 13.6. The summed E-state index contributed by atoms with van der Waals surface area (Å²) in [6.07, 6.45) is 3.27. The number of carbonyl (C=O) groups excluding carboxylic acids is 1. The second-order valence-corrected chi connectivity index (χ2v) is 7.82. The van der Waals surface area contributed by atoms with E-state index in [0.29, 0.717) is 11.4 Å². The molecule has 0 bridgehead atoms. The molecule has 1 N–H and O–H groups in total. The highest BCUT2D eigenvalue weighted by Gasteiger charge is 2.33. The molecule has 3 aromatic rings. The molecule has 7 heteroatoms. The number of halogens is 1. The molecule has 28 heavy (non-hydrogen) atoms. The fourth-order valence-electron chi connectivity index (χ4n) is 3.67. The van der Waals surface area contributed by atoms with Crippen LogP contribution in [0.3, 0.4) is 0 Å². The maximum atomic E-state index is 13.1. The van der Waals surface area contributed by atoms with E-state index in [4.69, 9.17) is 4.74 Å². The zero-order valence-electron chi connectivity index (χ0n) is 15.8. The quantitative estimate of drug-likeness (QED) is 0.654. The van der Waals surface area contributed by atoms with Crippen molar-refractivity contribution >= 4 is 44.2 Å². The summed E-state index contributed by atoms with van der Waals surface area (Å²) in [7, 11) is 1.60. The van der Waals surface area contributed by atoms with Gasteiger partial charge < -0.3 is 15.0 Å². The molecular formula is C21H21BrN4O2. The molecule has 1 aromatic heterocycles. The van der Waals surface area contributed by atoms with Crippen LogP contribution in [0.5, 0.6) is 5.75 Å². The van der Waals surface area contributed by atoms with Crippen LogP contribution in [0.4, 0.5) is 11.5 Å². The van der Waals surface area contributed by atoms with Crippen molar-refractivity contribution < 1.29 is 9.53 Å². The summed E-state index contributed by atoms with van der Waals surface area (Å²) in [5, 5.41) is 3.98. The topological polar surface area (TPSA) is 67.3 Å². The van der Waals surface area contributed by atoms with Crippen LogP contribution < -0.4 is 15.0 Å². The Morgan fingerprint density at radius 2 is 2.11 bits per heavy atom. The summed E-state index contributed by atoms with van der Waals surface area (Å²) in [6, 6.07) is 11.4. The Morgan fingerprint density at radius 3 is 2.93 bits per heavy atom. The number of methoxy groups -OCH3 is 1. The molecule has 144 valence electrons. The van der Waals surface area contributed by atoms with Crippen molar-refractivity contribution in [2.24, 2.45) is 0 Å². The monoisotopic (exact) mass is 440 g/mol. The highest BCUT2D eigenvalue weighted by Crippen LogP contribution is 2.32. The molecule has 0 radical (unpaired) electrons. The maximum absolute atomic E-state index is 13.1. The van der Waals surface area contributed by atoms with Crippen LogP contribution in [0, 0.1) is 6.92 Å². The van der Waals surface area contributed by atoms with Crippen molar-refractivity contribution in [2.45, 2.75) is 25.8 Å². The number of aromatic nitrogens is 2. The van der Waals surface area contributed by atoms with Crippen LogP contribution >= 0.6 is 15.9 Å². The zero-order valence-corrected chi connectivity index (χ0v) is 17.4. The molecule has 0 saturated carbocycles. The van der Waals surface area contributed by atoms with E-state index in [1.807, 2.05) is 43.3 Å². The Morgan fingerprint density at radius 1 is 1.25 bits per heavy atom. The minimum Gasteiger partial charge on any atom is -0.495 e. The molecule has 1 aliphatic heterocycles. The molecule has 1 saturated heterocycles. The van der Waals surface area contributed by atoms with Crippen LogP contribution in [0.1, 0.15) is 18.4 Å². The van der Waals surface area contributed by atoms with Crippen molar-refractivity contribution in [1.29, 1.82) is 0 Å². The van der Waals surface area contributed by atoms with Gasteiger partial charge in [-0.2, -0.15) is 0 Å². The van der Waals surface area contributed by atoms with Gasteiger partial charge in [-0.1, -0.05) is 22.0 Å². The zero-order chi connectivity index (χ0) is 19.7. The molecule has 1 fully saturated rings. The molecule has 6 nitrogen and oxygen atoms in total. The fraction of sp³-hybridized carbons (Fsp3) is 0.286. The van der Waals surface area contributed by atoms with E-state index in [-0.39, 0.29) is 11.9 Å². The van der Waals surface area contributed by atoms with Crippen molar-refractivity contribution in [3.63, 3.8) is 0 Å². The molecule has 1 unspecified atom stereocenters. The summed E-state index contributed by atoms with van der Waals surface area (Å²) >= 11 is 3.52. The highest BCUT2D eigenvalue weighted by molar-refractivity contribution is 9.10. The number of ether oxygens (including phenoxy) is 1. The molecule has 2 heterocycles. The lowest BCUT2D eigenvalue weighted by Gasteiger charge is -2.26. The van der Waals surface area contributed by atoms with E-state index in [1.54, 1.807) is 13.4 Å². The average Bonchev–Trinajstić information content (AvgIpc) is 3.17. The van der Waals surface area contributed by atoms with E-state index >= 15 is 0 Å². The number of nitrogens with zero attached hydrogens (tertiary/aromatic N) is 3. The Balaban J connectivity index is 1.65. The standard InChI is InChI=1S/C21H21BrN4O2/c1-13-5-8-19(28-2)17(10-13)25-21(27)18-4-3-9-26(18)20-15-11-14(22)6-7-16(15)23-12-24-20/h5-8,10-12,18H,3-4,9H2,1-2H3,(H,25,27). The number of amides is 1. The van der Waals surface area contributed by atoms with Gasteiger partial charge in [-0.25, -0.2) is 9.97 Å². The number of rotatable bonds is 4. The predicted octanol–water partition coefficient (Wildman–Crippen LogP) is 4.32. The van der Waals surface area contributed by atoms with E-state index < -0.39 is 0 Å². The van der Waals surface area contributed by atoms with Crippen LogP contribution in [-0.4, -0.2) is 35.6 Å². The first-order valence-electron chi connectivity index (χ1n) is 9.19. The summed E-state index contributed by atoms with van der Waals surface area (Å²) in [5.74, 6) is 1.39. The second kappa shape index (κ2) is 7.75. The normalized spacial score (nSPS) is 16.4. The molecule has 0 aliphatic carbocycles. The number of carbonyl (C=O) groups is 1. The third-order valence-corrected chi connectivity index (χ3v) is 5.51. The van der Waals surface area contributed by atoms with Crippen LogP contribution in [0.15, 0.2) is 47.2 Å². The molecule has 4 rings (SSSR count). The predicted molar refractivity (Wildman–Crippen MR) is 114 cm³/mol. The molecule has 1 aliphatic rings. The number of hydrogen-bond acceptors (Lipinski definition) is 5. The number of benzene rings is 2. The van der Waals surface area contributed by atoms with Crippen LogP contribution in [0.25, 0.3) is 10.9 Å². The first-order valence-corrected chi connectivity index (χ1v) is 9.98. The number of anilines is 2. The Hall–Kier alpha value is -2.67. The third-order valence-electron chi connectivity index (χ3n) is 5.02. The number of nitrogens with one attached hydrogen (secondary N) is 1. The van der Waals surface area contributed by atoms with Gasteiger partial charge in [0.25, 0.3) is 0 Å². The van der Waals surface area contributed by atoms with E-state index in [1.165, 1.54) is 0 Å². The Labute approximate surface area is 172 Å². The first kappa shape index (κ1) is 18.7.